The molecule has 0 radical (unpaired) electrons. The summed E-state index contributed by atoms with van der Waals surface area (Å²) < 4.78 is 39.8. The lowest BCUT2D eigenvalue weighted by Crippen LogP contribution is -2.43. The predicted octanol–water partition coefficient (Wildman–Crippen LogP) is 3.27. The molecule has 0 aromatic heterocycles. The van der Waals surface area contributed by atoms with Crippen LogP contribution < -0.4 is 5.32 Å². The number of amides is 1. The van der Waals surface area contributed by atoms with Gasteiger partial charge in [0, 0.05) is 17.3 Å². The fraction of sp³-hybridized carbons (Fsp3) is 0.235. The van der Waals surface area contributed by atoms with Gasteiger partial charge in [0.15, 0.2) is 0 Å². The van der Waals surface area contributed by atoms with Crippen molar-refractivity contribution < 1.29 is 17.6 Å². The summed E-state index contributed by atoms with van der Waals surface area (Å²) in [6.07, 6.45) is 1.02. The van der Waals surface area contributed by atoms with E-state index in [2.05, 4.69) is 5.32 Å². The van der Waals surface area contributed by atoms with Gasteiger partial charge in [-0.05, 0) is 61.4 Å². The van der Waals surface area contributed by atoms with Crippen LogP contribution in [-0.2, 0) is 14.8 Å². The first-order chi connectivity index (χ1) is 11.9. The maximum atomic E-state index is 12.9. The molecule has 8 heteroatoms. The van der Waals surface area contributed by atoms with Gasteiger partial charge in [-0.25, -0.2) is 12.8 Å². The van der Waals surface area contributed by atoms with Gasteiger partial charge in [0.25, 0.3) is 0 Å². The van der Waals surface area contributed by atoms with Crippen molar-refractivity contribution in [2.45, 2.75) is 23.8 Å². The van der Waals surface area contributed by atoms with E-state index < -0.39 is 27.8 Å². The highest BCUT2D eigenvalue weighted by Gasteiger charge is 2.39. The lowest BCUT2D eigenvalue weighted by molar-refractivity contribution is -0.119. The van der Waals surface area contributed by atoms with E-state index in [0.717, 1.165) is 0 Å². The summed E-state index contributed by atoms with van der Waals surface area (Å²) in [4.78, 5) is 12.6. The minimum atomic E-state index is -3.79. The zero-order valence-electron chi connectivity index (χ0n) is 13.2. The van der Waals surface area contributed by atoms with Gasteiger partial charge in [-0.1, -0.05) is 11.6 Å². The number of rotatable bonds is 4. The Balaban J connectivity index is 1.80. The lowest BCUT2D eigenvalue weighted by atomic mass is 10.2. The number of anilines is 1. The van der Waals surface area contributed by atoms with Crippen LogP contribution >= 0.6 is 11.6 Å². The van der Waals surface area contributed by atoms with E-state index in [0.29, 0.717) is 23.6 Å². The van der Waals surface area contributed by atoms with Crippen LogP contribution in [0.2, 0.25) is 5.02 Å². The Hall–Kier alpha value is -1.96. The largest absolute Gasteiger partial charge is 0.325 e. The van der Waals surface area contributed by atoms with Crippen LogP contribution in [0.4, 0.5) is 10.1 Å². The monoisotopic (exact) mass is 382 g/mol. The van der Waals surface area contributed by atoms with Crippen molar-refractivity contribution in [2.24, 2.45) is 0 Å². The molecule has 1 amide bonds. The van der Waals surface area contributed by atoms with Crippen molar-refractivity contribution in [3.05, 3.63) is 59.4 Å². The molecule has 5 nitrogen and oxygen atoms in total. The summed E-state index contributed by atoms with van der Waals surface area (Å²) >= 11 is 5.80. The molecule has 132 valence electrons. The summed E-state index contributed by atoms with van der Waals surface area (Å²) in [5, 5.41) is 3.08. The first kappa shape index (κ1) is 17.8. The van der Waals surface area contributed by atoms with E-state index in [1.807, 2.05) is 0 Å². The van der Waals surface area contributed by atoms with E-state index in [1.54, 1.807) is 0 Å². The minimum absolute atomic E-state index is 0.0957. The second-order valence-electron chi connectivity index (χ2n) is 5.72. The Kier molecular flexibility index (Phi) is 5.08. The van der Waals surface area contributed by atoms with Crippen LogP contribution in [0, 0.1) is 5.82 Å². The summed E-state index contributed by atoms with van der Waals surface area (Å²) in [6, 6.07) is 10.4. The van der Waals surface area contributed by atoms with Crippen molar-refractivity contribution in [3.8, 4) is 0 Å². The van der Waals surface area contributed by atoms with Crippen molar-refractivity contribution in [2.75, 3.05) is 11.9 Å². The Morgan fingerprint density at radius 1 is 1.12 bits per heavy atom. The predicted molar refractivity (Wildman–Crippen MR) is 93.4 cm³/mol. The SMILES string of the molecule is O=C(Nc1ccc(F)cc1)C1CCCN1S(=O)(=O)c1ccc(Cl)cc1. The first-order valence-corrected chi connectivity index (χ1v) is 9.53. The van der Waals surface area contributed by atoms with Crippen molar-refractivity contribution in [3.63, 3.8) is 0 Å². The number of hydrogen-bond donors (Lipinski definition) is 1. The summed E-state index contributed by atoms with van der Waals surface area (Å²) in [5.41, 5.74) is 0.419. The number of hydrogen-bond acceptors (Lipinski definition) is 3. The number of carbonyl (C=O) groups excluding carboxylic acids is 1. The Bertz CT molecular complexity index is 870. The molecule has 1 atom stereocenters. The molecule has 1 N–H and O–H groups in total. The third-order valence-corrected chi connectivity index (χ3v) is 6.21. The zero-order valence-corrected chi connectivity index (χ0v) is 14.7. The number of sulfonamides is 1. The molecule has 0 aliphatic carbocycles. The average molecular weight is 383 g/mol. The molecule has 1 saturated heterocycles. The van der Waals surface area contributed by atoms with E-state index in [1.165, 1.54) is 52.8 Å². The van der Waals surface area contributed by atoms with Crippen molar-refractivity contribution in [1.82, 2.24) is 4.31 Å². The number of nitrogens with zero attached hydrogens (tertiary/aromatic N) is 1. The van der Waals surface area contributed by atoms with Crippen LogP contribution in [0.5, 0.6) is 0 Å². The van der Waals surface area contributed by atoms with E-state index >= 15 is 0 Å². The zero-order chi connectivity index (χ0) is 18.0. The van der Waals surface area contributed by atoms with E-state index in [4.69, 9.17) is 11.6 Å². The highest BCUT2D eigenvalue weighted by Crippen LogP contribution is 2.27. The summed E-state index contributed by atoms with van der Waals surface area (Å²) in [7, 11) is -3.79. The van der Waals surface area contributed by atoms with Crippen LogP contribution in [0.25, 0.3) is 0 Å². The third-order valence-electron chi connectivity index (χ3n) is 4.04. The summed E-state index contributed by atoms with van der Waals surface area (Å²) in [6.45, 7) is 0.270. The van der Waals surface area contributed by atoms with Crippen molar-refractivity contribution in [1.29, 1.82) is 0 Å². The van der Waals surface area contributed by atoms with Crippen LogP contribution in [0.1, 0.15) is 12.8 Å². The van der Waals surface area contributed by atoms with Gasteiger partial charge >= 0.3 is 0 Å². The molecule has 0 saturated carbocycles. The highest BCUT2D eigenvalue weighted by molar-refractivity contribution is 7.89. The number of halogens is 2. The second kappa shape index (κ2) is 7.11. The second-order valence-corrected chi connectivity index (χ2v) is 8.05. The van der Waals surface area contributed by atoms with Gasteiger partial charge in [-0.3, -0.25) is 4.79 Å². The Morgan fingerprint density at radius 2 is 1.76 bits per heavy atom. The first-order valence-electron chi connectivity index (χ1n) is 7.72. The molecular formula is C17H16ClFN2O3S. The van der Waals surface area contributed by atoms with Crippen molar-refractivity contribution >= 4 is 33.2 Å². The van der Waals surface area contributed by atoms with Gasteiger partial charge in [-0.15, -0.1) is 0 Å². The molecule has 1 fully saturated rings. The van der Waals surface area contributed by atoms with Crippen LogP contribution in [0.15, 0.2) is 53.4 Å². The molecule has 0 bridgehead atoms. The highest BCUT2D eigenvalue weighted by atomic mass is 35.5. The van der Waals surface area contributed by atoms with Gasteiger partial charge in [0.1, 0.15) is 11.9 Å². The molecule has 3 rings (SSSR count). The molecule has 1 unspecified atom stereocenters. The Morgan fingerprint density at radius 3 is 2.40 bits per heavy atom. The standard InChI is InChI=1S/C17H16ClFN2O3S/c18-12-3-9-15(10-4-12)25(23,24)21-11-1-2-16(21)17(22)20-14-7-5-13(19)6-8-14/h3-10,16H,1-2,11H2,(H,20,22). The van der Waals surface area contributed by atoms with E-state index in [9.17, 15) is 17.6 Å². The number of benzene rings is 2. The Labute approximate surface area is 150 Å². The maximum absolute atomic E-state index is 12.9. The molecule has 2 aromatic rings. The van der Waals surface area contributed by atoms with Gasteiger partial charge in [-0.2, -0.15) is 4.31 Å². The molecule has 2 aromatic carbocycles. The van der Waals surface area contributed by atoms with Crippen LogP contribution in [0.3, 0.4) is 0 Å². The number of nitrogens with one attached hydrogen (secondary N) is 1. The molecular weight excluding hydrogens is 367 g/mol. The molecule has 0 spiro atoms. The molecule has 25 heavy (non-hydrogen) atoms. The normalized spacial score (nSPS) is 18.2. The minimum Gasteiger partial charge on any atom is -0.325 e. The maximum Gasteiger partial charge on any atom is 0.243 e. The van der Waals surface area contributed by atoms with Gasteiger partial charge in [0.2, 0.25) is 15.9 Å². The average Bonchev–Trinajstić information content (AvgIpc) is 3.08. The topological polar surface area (TPSA) is 66.5 Å². The fourth-order valence-corrected chi connectivity index (χ4v) is 4.57. The summed E-state index contributed by atoms with van der Waals surface area (Å²) in [5.74, 6) is -0.840. The molecule has 1 aliphatic heterocycles. The lowest BCUT2D eigenvalue weighted by Gasteiger charge is -2.23. The van der Waals surface area contributed by atoms with Gasteiger partial charge in [0.05, 0.1) is 4.90 Å². The third kappa shape index (κ3) is 3.84. The smallest absolute Gasteiger partial charge is 0.243 e. The van der Waals surface area contributed by atoms with E-state index in [-0.39, 0.29) is 11.4 Å². The molecule has 1 aliphatic rings. The van der Waals surface area contributed by atoms with Crippen LogP contribution in [-0.4, -0.2) is 31.2 Å². The molecule has 1 heterocycles. The fourth-order valence-electron chi connectivity index (χ4n) is 2.79. The van der Waals surface area contributed by atoms with Gasteiger partial charge < -0.3 is 5.32 Å². The quantitative estimate of drug-likeness (QED) is 0.882. The number of carbonyl (C=O) groups is 1.